The number of benzene rings is 1. The third-order valence-electron chi connectivity index (χ3n) is 4.05. The number of hydrogen-bond acceptors (Lipinski definition) is 5. The Morgan fingerprint density at radius 1 is 1.15 bits per heavy atom. The number of carbonyl (C=O) groups is 1. The van der Waals surface area contributed by atoms with E-state index in [1.807, 2.05) is 30.3 Å². The lowest BCUT2D eigenvalue weighted by Gasteiger charge is -2.08. The number of hydrogen-bond donors (Lipinski definition) is 1. The monoisotopic (exact) mass is 352 g/mol. The highest BCUT2D eigenvalue weighted by molar-refractivity contribution is 5.95. The Morgan fingerprint density at radius 2 is 1.88 bits per heavy atom. The minimum atomic E-state index is -0.602. The van der Waals surface area contributed by atoms with Gasteiger partial charge in [-0.25, -0.2) is 4.79 Å². The van der Waals surface area contributed by atoms with Gasteiger partial charge in [-0.1, -0.05) is 30.3 Å². The average Bonchev–Trinajstić information content (AvgIpc) is 3.14. The molecule has 0 saturated carbocycles. The first-order valence-corrected chi connectivity index (χ1v) is 8.41. The van der Waals surface area contributed by atoms with Crippen LogP contribution in [-0.4, -0.2) is 27.2 Å². The summed E-state index contributed by atoms with van der Waals surface area (Å²) in [5.41, 5.74) is 1.24. The predicted octanol–water partition coefficient (Wildman–Crippen LogP) is 1.75. The molecule has 134 valence electrons. The zero-order valence-corrected chi connectivity index (χ0v) is 14.5. The van der Waals surface area contributed by atoms with Gasteiger partial charge in [0.2, 0.25) is 0 Å². The Hall–Kier alpha value is -3.22. The van der Waals surface area contributed by atoms with Crippen LogP contribution >= 0.6 is 0 Å². The summed E-state index contributed by atoms with van der Waals surface area (Å²) in [4.78, 5) is 24.5. The second kappa shape index (κ2) is 8.24. The molecule has 0 unspecified atom stereocenters. The quantitative estimate of drug-likeness (QED) is 0.700. The molecule has 0 radical (unpaired) electrons. The van der Waals surface area contributed by atoms with Crippen LogP contribution in [0.4, 0.5) is 0 Å². The van der Waals surface area contributed by atoms with E-state index in [0.29, 0.717) is 30.8 Å². The lowest BCUT2D eigenvalue weighted by Crippen LogP contribution is -2.32. The van der Waals surface area contributed by atoms with Crippen molar-refractivity contribution in [2.24, 2.45) is 0 Å². The van der Waals surface area contributed by atoms with Crippen molar-refractivity contribution in [3.63, 3.8) is 0 Å². The van der Waals surface area contributed by atoms with Gasteiger partial charge in [-0.2, -0.15) is 0 Å². The summed E-state index contributed by atoms with van der Waals surface area (Å²) >= 11 is 0. The molecule has 1 aromatic carbocycles. The number of aryl methyl sites for hydroxylation is 3. The maximum atomic E-state index is 12.3. The predicted molar refractivity (Wildman–Crippen MR) is 95.9 cm³/mol. The first-order chi connectivity index (χ1) is 12.6. The van der Waals surface area contributed by atoms with Gasteiger partial charge in [0.1, 0.15) is 24.0 Å². The lowest BCUT2D eigenvalue weighted by molar-refractivity contribution is 0.0947. The standard InChI is InChI=1S/C19H20N4O3/c1-14-11-16(8-7-15-5-3-2-4-6-15)26-19(25)17(14)18(24)20-9-10-23-12-21-22-13-23/h2-6,11-13H,7-10H2,1H3,(H,20,24). The van der Waals surface area contributed by atoms with Crippen LogP contribution in [0, 0.1) is 6.92 Å². The van der Waals surface area contributed by atoms with Crippen molar-refractivity contribution in [3.05, 3.63) is 81.9 Å². The molecule has 0 aliphatic rings. The van der Waals surface area contributed by atoms with E-state index in [0.717, 1.165) is 6.42 Å². The third kappa shape index (κ3) is 4.44. The fraction of sp³-hybridized carbons (Fsp3) is 0.263. The van der Waals surface area contributed by atoms with Crippen LogP contribution in [0.1, 0.15) is 27.2 Å². The molecule has 0 fully saturated rings. The van der Waals surface area contributed by atoms with E-state index in [-0.39, 0.29) is 5.56 Å². The Labute approximate surface area is 150 Å². The molecule has 1 N–H and O–H groups in total. The zero-order valence-electron chi connectivity index (χ0n) is 14.5. The summed E-state index contributed by atoms with van der Waals surface area (Å²) in [5, 5.41) is 10.1. The molecule has 0 spiro atoms. The minimum Gasteiger partial charge on any atom is -0.427 e. The van der Waals surface area contributed by atoms with Crippen molar-refractivity contribution in [1.29, 1.82) is 0 Å². The highest BCUT2D eigenvalue weighted by Gasteiger charge is 2.16. The van der Waals surface area contributed by atoms with Crippen LogP contribution in [0.25, 0.3) is 0 Å². The largest absolute Gasteiger partial charge is 0.427 e. The Kier molecular flexibility index (Phi) is 5.58. The molecule has 0 aliphatic carbocycles. The van der Waals surface area contributed by atoms with Crippen molar-refractivity contribution in [1.82, 2.24) is 20.1 Å². The SMILES string of the molecule is Cc1cc(CCc2ccccc2)oc(=O)c1C(=O)NCCn1cnnc1. The fourth-order valence-electron chi connectivity index (χ4n) is 2.71. The topological polar surface area (TPSA) is 90.0 Å². The van der Waals surface area contributed by atoms with Crippen LogP contribution in [0.15, 0.2) is 58.3 Å². The van der Waals surface area contributed by atoms with Crippen LogP contribution in [0.2, 0.25) is 0 Å². The molecule has 3 aromatic rings. The summed E-state index contributed by atoms with van der Waals surface area (Å²) in [6.07, 6.45) is 4.50. The summed E-state index contributed by atoms with van der Waals surface area (Å²) in [5.74, 6) is 0.149. The molecule has 3 rings (SSSR count). The van der Waals surface area contributed by atoms with Crippen molar-refractivity contribution in [3.8, 4) is 0 Å². The number of amides is 1. The summed E-state index contributed by atoms with van der Waals surface area (Å²) < 4.78 is 7.08. The Balaban J connectivity index is 1.62. The number of carbonyl (C=O) groups excluding carboxylic acids is 1. The first kappa shape index (κ1) is 17.6. The second-order valence-electron chi connectivity index (χ2n) is 6.00. The van der Waals surface area contributed by atoms with E-state index >= 15 is 0 Å². The van der Waals surface area contributed by atoms with Gasteiger partial charge < -0.3 is 14.3 Å². The maximum absolute atomic E-state index is 12.3. The second-order valence-corrected chi connectivity index (χ2v) is 6.00. The van der Waals surface area contributed by atoms with Gasteiger partial charge in [-0.3, -0.25) is 4.79 Å². The maximum Gasteiger partial charge on any atom is 0.349 e. The van der Waals surface area contributed by atoms with Gasteiger partial charge in [0.05, 0.1) is 0 Å². The summed E-state index contributed by atoms with van der Waals surface area (Å²) in [7, 11) is 0. The van der Waals surface area contributed by atoms with E-state index in [4.69, 9.17) is 4.42 Å². The number of nitrogens with zero attached hydrogens (tertiary/aromatic N) is 3. The molecule has 0 atom stereocenters. The molecule has 26 heavy (non-hydrogen) atoms. The summed E-state index contributed by atoms with van der Waals surface area (Å²) in [6, 6.07) is 11.7. The lowest BCUT2D eigenvalue weighted by atomic mass is 10.1. The van der Waals surface area contributed by atoms with Gasteiger partial charge >= 0.3 is 5.63 Å². The van der Waals surface area contributed by atoms with Gasteiger partial charge in [-0.15, -0.1) is 10.2 Å². The average molecular weight is 352 g/mol. The Bertz CT molecular complexity index is 918. The van der Waals surface area contributed by atoms with Crippen LogP contribution in [0.5, 0.6) is 0 Å². The molecule has 2 heterocycles. The van der Waals surface area contributed by atoms with Crippen molar-refractivity contribution in [2.45, 2.75) is 26.3 Å². The normalized spacial score (nSPS) is 10.7. The van der Waals surface area contributed by atoms with Crippen LogP contribution in [-0.2, 0) is 19.4 Å². The molecule has 2 aromatic heterocycles. The van der Waals surface area contributed by atoms with Gasteiger partial charge in [0, 0.05) is 19.5 Å². The van der Waals surface area contributed by atoms with Crippen molar-refractivity contribution < 1.29 is 9.21 Å². The third-order valence-corrected chi connectivity index (χ3v) is 4.05. The number of rotatable bonds is 7. The molecular formula is C19H20N4O3. The minimum absolute atomic E-state index is 0.0530. The molecule has 7 heteroatoms. The highest BCUT2D eigenvalue weighted by atomic mass is 16.4. The van der Waals surface area contributed by atoms with E-state index in [2.05, 4.69) is 15.5 Å². The molecule has 0 aliphatic heterocycles. The Morgan fingerprint density at radius 3 is 2.58 bits per heavy atom. The van der Waals surface area contributed by atoms with E-state index in [1.54, 1.807) is 30.2 Å². The summed E-state index contributed by atoms with van der Waals surface area (Å²) in [6.45, 7) is 2.64. The highest BCUT2D eigenvalue weighted by Crippen LogP contribution is 2.10. The van der Waals surface area contributed by atoms with Crippen LogP contribution in [0.3, 0.4) is 0 Å². The van der Waals surface area contributed by atoms with Crippen LogP contribution < -0.4 is 10.9 Å². The molecule has 7 nitrogen and oxygen atoms in total. The van der Waals surface area contributed by atoms with Gasteiger partial charge in [0.25, 0.3) is 5.91 Å². The van der Waals surface area contributed by atoms with Crippen molar-refractivity contribution >= 4 is 5.91 Å². The van der Waals surface area contributed by atoms with Gasteiger partial charge in [-0.05, 0) is 30.5 Å². The number of nitrogens with one attached hydrogen (secondary N) is 1. The van der Waals surface area contributed by atoms with E-state index in [9.17, 15) is 9.59 Å². The molecular weight excluding hydrogens is 332 g/mol. The zero-order chi connectivity index (χ0) is 18.4. The van der Waals surface area contributed by atoms with E-state index in [1.165, 1.54) is 5.56 Å². The first-order valence-electron chi connectivity index (χ1n) is 8.41. The molecule has 0 saturated heterocycles. The van der Waals surface area contributed by atoms with E-state index < -0.39 is 11.5 Å². The van der Waals surface area contributed by atoms with Gasteiger partial charge in [0.15, 0.2) is 0 Å². The fourth-order valence-corrected chi connectivity index (χ4v) is 2.71. The van der Waals surface area contributed by atoms with Crippen molar-refractivity contribution in [2.75, 3.05) is 6.54 Å². The molecule has 0 bridgehead atoms. The molecule has 1 amide bonds. The smallest absolute Gasteiger partial charge is 0.349 e. The number of aromatic nitrogens is 3.